The summed E-state index contributed by atoms with van der Waals surface area (Å²) in [6, 6.07) is 9.23. The maximum Gasteiger partial charge on any atom is 0.0451 e. The van der Waals surface area contributed by atoms with Crippen molar-refractivity contribution in [1.29, 1.82) is 0 Å². The van der Waals surface area contributed by atoms with E-state index in [0.29, 0.717) is 6.04 Å². The zero-order chi connectivity index (χ0) is 12.1. The highest BCUT2D eigenvalue weighted by Crippen LogP contribution is 2.20. The van der Waals surface area contributed by atoms with Crippen LogP contribution in [0.3, 0.4) is 0 Å². The van der Waals surface area contributed by atoms with Crippen LogP contribution in [0.4, 0.5) is 5.69 Å². The molecule has 0 amide bonds. The average molecular weight is 234 g/mol. The van der Waals surface area contributed by atoms with E-state index in [1.165, 1.54) is 11.3 Å². The van der Waals surface area contributed by atoms with Crippen LogP contribution in [0.25, 0.3) is 0 Å². The molecule has 1 fully saturated rings. The highest BCUT2D eigenvalue weighted by molar-refractivity contribution is 5.49. The number of piperazine rings is 1. The van der Waals surface area contributed by atoms with Crippen molar-refractivity contribution in [2.45, 2.75) is 25.8 Å². The van der Waals surface area contributed by atoms with Crippen molar-refractivity contribution < 1.29 is 5.11 Å². The van der Waals surface area contributed by atoms with Crippen molar-refractivity contribution in [2.75, 3.05) is 31.1 Å². The Kier molecular flexibility index (Phi) is 4.40. The van der Waals surface area contributed by atoms with E-state index in [-0.39, 0.29) is 6.61 Å². The first kappa shape index (κ1) is 12.4. The number of aliphatic hydroxyl groups excluding tert-OH is 1. The summed E-state index contributed by atoms with van der Waals surface area (Å²) < 4.78 is 0. The molecule has 3 nitrogen and oxygen atoms in total. The number of benzene rings is 1. The van der Waals surface area contributed by atoms with Crippen LogP contribution in [-0.2, 0) is 6.42 Å². The molecule has 0 aliphatic carbocycles. The molecule has 1 aliphatic heterocycles. The first-order valence-corrected chi connectivity index (χ1v) is 6.52. The van der Waals surface area contributed by atoms with Crippen molar-refractivity contribution in [3.8, 4) is 0 Å². The summed E-state index contributed by atoms with van der Waals surface area (Å²) in [5, 5.41) is 12.5. The Morgan fingerprint density at radius 3 is 2.76 bits per heavy atom. The largest absolute Gasteiger partial charge is 0.396 e. The number of anilines is 1. The first-order valence-electron chi connectivity index (χ1n) is 6.52. The molecular formula is C14H22N2O. The average Bonchev–Trinajstić information content (AvgIpc) is 2.40. The third kappa shape index (κ3) is 2.99. The van der Waals surface area contributed by atoms with Gasteiger partial charge in [0, 0.05) is 38.0 Å². The molecule has 1 heterocycles. The summed E-state index contributed by atoms with van der Waals surface area (Å²) in [6.07, 6.45) is 1.92. The van der Waals surface area contributed by atoms with Crippen LogP contribution in [0.2, 0.25) is 0 Å². The number of nitrogens with zero attached hydrogens (tertiary/aromatic N) is 1. The molecule has 1 aromatic rings. The third-order valence-electron chi connectivity index (χ3n) is 3.49. The summed E-state index contributed by atoms with van der Waals surface area (Å²) in [7, 11) is 0. The normalized spacial score (nSPS) is 20.6. The van der Waals surface area contributed by atoms with Gasteiger partial charge in [-0.2, -0.15) is 0 Å². The quantitative estimate of drug-likeness (QED) is 0.827. The molecule has 0 spiro atoms. The minimum absolute atomic E-state index is 0.260. The van der Waals surface area contributed by atoms with Gasteiger partial charge in [-0.1, -0.05) is 19.1 Å². The molecule has 2 N–H and O–H groups in total. The van der Waals surface area contributed by atoms with Gasteiger partial charge in [-0.3, -0.25) is 0 Å². The highest BCUT2D eigenvalue weighted by atomic mass is 16.3. The Morgan fingerprint density at radius 2 is 2.12 bits per heavy atom. The zero-order valence-corrected chi connectivity index (χ0v) is 10.5. The Balaban J connectivity index is 2.11. The predicted molar refractivity (Wildman–Crippen MR) is 71.5 cm³/mol. The molecule has 0 saturated carbocycles. The number of nitrogens with one attached hydrogen (secondary N) is 1. The van der Waals surface area contributed by atoms with Crippen molar-refractivity contribution in [3.63, 3.8) is 0 Å². The minimum Gasteiger partial charge on any atom is -0.396 e. The van der Waals surface area contributed by atoms with Crippen LogP contribution in [0, 0.1) is 0 Å². The SMILES string of the molecule is CCc1ccc(N2CCNCC2CCO)cc1. The first-order chi connectivity index (χ1) is 8.35. The van der Waals surface area contributed by atoms with E-state index in [1.807, 2.05) is 0 Å². The van der Waals surface area contributed by atoms with E-state index < -0.39 is 0 Å². The van der Waals surface area contributed by atoms with Gasteiger partial charge in [-0.25, -0.2) is 0 Å². The van der Waals surface area contributed by atoms with Crippen LogP contribution in [0.1, 0.15) is 18.9 Å². The van der Waals surface area contributed by atoms with Crippen molar-refractivity contribution in [2.24, 2.45) is 0 Å². The molecule has 0 bridgehead atoms. The lowest BCUT2D eigenvalue weighted by Gasteiger charge is -2.38. The molecule has 1 unspecified atom stereocenters. The molecular weight excluding hydrogens is 212 g/mol. The van der Waals surface area contributed by atoms with E-state index >= 15 is 0 Å². The number of aliphatic hydroxyl groups is 1. The van der Waals surface area contributed by atoms with Crippen LogP contribution < -0.4 is 10.2 Å². The fourth-order valence-electron chi connectivity index (χ4n) is 2.43. The van der Waals surface area contributed by atoms with E-state index in [4.69, 9.17) is 5.11 Å². The van der Waals surface area contributed by atoms with Gasteiger partial charge in [-0.05, 0) is 30.5 Å². The smallest absolute Gasteiger partial charge is 0.0451 e. The summed E-state index contributed by atoms with van der Waals surface area (Å²) in [5.74, 6) is 0. The van der Waals surface area contributed by atoms with Gasteiger partial charge >= 0.3 is 0 Å². The molecule has 1 atom stereocenters. The lowest BCUT2D eigenvalue weighted by Crippen LogP contribution is -2.51. The maximum absolute atomic E-state index is 9.11. The Morgan fingerprint density at radius 1 is 1.35 bits per heavy atom. The van der Waals surface area contributed by atoms with Crippen molar-refractivity contribution >= 4 is 5.69 Å². The second-order valence-corrected chi connectivity index (χ2v) is 4.58. The fraction of sp³-hybridized carbons (Fsp3) is 0.571. The van der Waals surface area contributed by atoms with Gasteiger partial charge in [0.25, 0.3) is 0 Å². The van der Waals surface area contributed by atoms with Crippen LogP contribution in [0.5, 0.6) is 0 Å². The molecule has 1 aromatic carbocycles. The van der Waals surface area contributed by atoms with E-state index in [1.54, 1.807) is 0 Å². The van der Waals surface area contributed by atoms with E-state index in [2.05, 4.69) is 41.4 Å². The van der Waals surface area contributed by atoms with Crippen LogP contribution in [-0.4, -0.2) is 37.4 Å². The number of aryl methyl sites for hydroxylation is 1. The van der Waals surface area contributed by atoms with E-state index in [0.717, 1.165) is 32.5 Å². The molecule has 17 heavy (non-hydrogen) atoms. The summed E-state index contributed by atoms with van der Waals surface area (Å²) in [4.78, 5) is 2.41. The van der Waals surface area contributed by atoms with Gasteiger partial charge in [0.15, 0.2) is 0 Å². The van der Waals surface area contributed by atoms with Gasteiger partial charge in [0.1, 0.15) is 0 Å². The standard InChI is InChI=1S/C14H22N2O/c1-2-12-3-5-13(6-4-12)16-9-8-15-11-14(16)7-10-17/h3-6,14-15,17H,2,7-11H2,1H3. The third-order valence-corrected chi connectivity index (χ3v) is 3.49. The molecule has 0 radical (unpaired) electrons. The fourth-order valence-corrected chi connectivity index (χ4v) is 2.43. The predicted octanol–water partition coefficient (Wildman–Crippen LogP) is 1.41. The Labute approximate surface area is 103 Å². The monoisotopic (exact) mass is 234 g/mol. The van der Waals surface area contributed by atoms with Crippen LogP contribution >= 0.6 is 0 Å². The van der Waals surface area contributed by atoms with Gasteiger partial charge < -0.3 is 15.3 Å². The maximum atomic E-state index is 9.11. The summed E-state index contributed by atoms with van der Waals surface area (Å²) in [6.45, 7) is 5.45. The van der Waals surface area contributed by atoms with Gasteiger partial charge in [0.05, 0.1) is 0 Å². The van der Waals surface area contributed by atoms with Gasteiger partial charge in [0.2, 0.25) is 0 Å². The van der Waals surface area contributed by atoms with Crippen LogP contribution in [0.15, 0.2) is 24.3 Å². The summed E-state index contributed by atoms with van der Waals surface area (Å²) in [5.41, 5.74) is 2.66. The highest BCUT2D eigenvalue weighted by Gasteiger charge is 2.21. The second-order valence-electron chi connectivity index (χ2n) is 4.58. The zero-order valence-electron chi connectivity index (χ0n) is 10.5. The number of hydrogen-bond donors (Lipinski definition) is 2. The van der Waals surface area contributed by atoms with Crippen molar-refractivity contribution in [3.05, 3.63) is 29.8 Å². The van der Waals surface area contributed by atoms with Gasteiger partial charge in [-0.15, -0.1) is 0 Å². The lowest BCUT2D eigenvalue weighted by atomic mass is 10.1. The topological polar surface area (TPSA) is 35.5 Å². The molecule has 1 aliphatic rings. The van der Waals surface area contributed by atoms with Crippen molar-refractivity contribution in [1.82, 2.24) is 5.32 Å². The summed E-state index contributed by atoms with van der Waals surface area (Å²) >= 11 is 0. The Bertz CT molecular complexity index is 335. The second kappa shape index (κ2) is 6.03. The Hall–Kier alpha value is -1.06. The van der Waals surface area contributed by atoms with E-state index in [9.17, 15) is 0 Å². The lowest BCUT2D eigenvalue weighted by molar-refractivity contribution is 0.266. The molecule has 0 aromatic heterocycles. The molecule has 94 valence electrons. The number of rotatable bonds is 4. The molecule has 1 saturated heterocycles. The number of hydrogen-bond acceptors (Lipinski definition) is 3. The molecule has 2 rings (SSSR count). The molecule has 3 heteroatoms. The minimum atomic E-state index is 0.260.